The number of benzene rings is 1. The summed E-state index contributed by atoms with van der Waals surface area (Å²) in [7, 11) is 0. The normalized spacial score (nSPS) is 17.5. The Kier molecular flexibility index (Phi) is 5.45. The van der Waals surface area contributed by atoms with Crippen molar-refractivity contribution in [3.05, 3.63) is 35.4 Å². The molecule has 1 aromatic rings. The molecule has 0 aromatic heterocycles. The molecule has 0 aliphatic heterocycles. The Morgan fingerprint density at radius 3 is 2.45 bits per heavy atom. The molecular weight excluding hydrogens is 248 g/mol. The van der Waals surface area contributed by atoms with Crippen molar-refractivity contribution in [1.82, 2.24) is 10.6 Å². The van der Waals surface area contributed by atoms with Crippen LogP contribution in [0.4, 0.5) is 4.79 Å². The second kappa shape index (κ2) is 7.32. The van der Waals surface area contributed by atoms with Crippen LogP contribution in [0.15, 0.2) is 24.3 Å². The molecule has 2 N–H and O–H groups in total. The van der Waals surface area contributed by atoms with Crippen LogP contribution < -0.4 is 10.6 Å². The molecule has 0 heterocycles. The summed E-state index contributed by atoms with van der Waals surface area (Å²) in [5, 5.41) is 6.21. The minimum Gasteiger partial charge on any atom is -0.335 e. The van der Waals surface area contributed by atoms with Crippen LogP contribution in [0.3, 0.4) is 0 Å². The molecule has 1 aromatic carbocycles. The van der Waals surface area contributed by atoms with Gasteiger partial charge in [-0.25, -0.2) is 4.79 Å². The Morgan fingerprint density at radius 2 is 1.85 bits per heavy atom. The number of aryl methyl sites for hydroxylation is 1. The van der Waals surface area contributed by atoms with E-state index in [4.69, 9.17) is 0 Å². The highest BCUT2D eigenvalue weighted by molar-refractivity contribution is 5.74. The molecule has 3 nitrogen and oxygen atoms in total. The van der Waals surface area contributed by atoms with Crippen LogP contribution in [0, 0.1) is 6.92 Å². The standard InChI is InChI=1S/C17H26N2O/c1-3-16(14-11-9-13(2)10-12-14)19-17(20)18-15-7-5-4-6-8-15/h9-12,15-16H,3-8H2,1-2H3,(H2,18,19,20)/t16-/m0/s1. The molecule has 0 saturated heterocycles. The maximum absolute atomic E-state index is 12.1. The van der Waals surface area contributed by atoms with Gasteiger partial charge in [0, 0.05) is 6.04 Å². The number of amides is 2. The van der Waals surface area contributed by atoms with Crippen molar-refractivity contribution in [3.8, 4) is 0 Å². The van der Waals surface area contributed by atoms with E-state index in [0.29, 0.717) is 6.04 Å². The van der Waals surface area contributed by atoms with Crippen molar-refractivity contribution in [2.45, 2.75) is 64.5 Å². The average molecular weight is 274 g/mol. The van der Waals surface area contributed by atoms with Gasteiger partial charge in [0.05, 0.1) is 6.04 Å². The number of carbonyl (C=O) groups is 1. The molecule has 0 radical (unpaired) electrons. The van der Waals surface area contributed by atoms with Crippen LogP contribution in [0.25, 0.3) is 0 Å². The molecule has 1 aliphatic rings. The molecule has 2 amide bonds. The zero-order valence-corrected chi connectivity index (χ0v) is 12.6. The number of urea groups is 1. The lowest BCUT2D eigenvalue weighted by atomic mass is 9.96. The Morgan fingerprint density at radius 1 is 1.20 bits per heavy atom. The van der Waals surface area contributed by atoms with E-state index in [1.807, 2.05) is 0 Å². The smallest absolute Gasteiger partial charge is 0.315 e. The molecule has 20 heavy (non-hydrogen) atoms. The van der Waals surface area contributed by atoms with Gasteiger partial charge in [0.15, 0.2) is 0 Å². The fourth-order valence-corrected chi connectivity index (χ4v) is 2.85. The van der Waals surface area contributed by atoms with Crippen molar-refractivity contribution in [1.29, 1.82) is 0 Å². The molecule has 1 saturated carbocycles. The number of rotatable bonds is 4. The molecule has 1 aliphatic carbocycles. The summed E-state index contributed by atoms with van der Waals surface area (Å²) in [6, 6.07) is 8.83. The van der Waals surface area contributed by atoms with Crippen LogP contribution in [-0.2, 0) is 0 Å². The number of carbonyl (C=O) groups excluding carboxylic acids is 1. The SMILES string of the molecule is CC[C@H](NC(=O)NC1CCCCC1)c1ccc(C)cc1. The molecule has 0 spiro atoms. The van der Waals surface area contributed by atoms with Gasteiger partial charge < -0.3 is 10.6 Å². The monoisotopic (exact) mass is 274 g/mol. The number of hydrogen-bond donors (Lipinski definition) is 2. The largest absolute Gasteiger partial charge is 0.335 e. The van der Waals surface area contributed by atoms with Crippen LogP contribution >= 0.6 is 0 Å². The molecule has 2 rings (SSSR count). The lowest BCUT2D eigenvalue weighted by Crippen LogP contribution is -2.44. The van der Waals surface area contributed by atoms with E-state index in [1.54, 1.807) is 0 Å². The van der Waals surface area contributed by atoms with Gasteiger partial charge in [-0.3, -0.25) is 0 Å². The minimum absolute atomic E-state index is 0.0238. The molecule has 3 heteroatoms. The summed E-state index contributed by atoms with van der Waals surface area (Å²) in [6.07, 6.45) is 6.92. The van der Waals surface area contributed by atoms with E-state index < -0.39 is 0 Å². The third-order valence-electron chi connectivity index (χ3n) is 4.13. The van der Waals surface area contributed by atoms with Crippen molar-refractivity contribution < 1.29 is 4.79 Å². The highest BCUT2D eigenvalue weighted by Gasteiger charge is 2.18. The third-order valence-corrected chi connectivity index (χ3v) is 4.13. The number of nitrogens with one attached hydrogen (secondary N) is 2. The molecule has 0 unspecified atom stereocenters. The lowest BCUT2D eigenvalue weighted by Gasteiger charge is -2.25. The van der Waals surface area contributed by atoms with E-state index in [9.17, 15) is 4.79 Å². The summed E-state index contributed by atoms with van der Waals surface area (Å²) < 4.78 is 0. The van der Waals surface area contributed by atoms with E-state index in [-0.39, 0.29) is 12.1 Å². The quantitative estimate of drug-likeness (QED) is 0.853. The summed E-state index contributed by atoms with van der Waals surface area (Å²) in [6.45, 7) is 4.18. The molecule has 1 atom stereocenters. The van der Waals surface area contributed by atoms with Gasteiger partial charge in [-0.05, 0) is 31.7 Å². The second-order valence-electron chi connectivity index (χ2n) is 5.82. The fourth-order valence-electron chi connectivity index (χ4n) is 2.85. The first-order valence-electron chi connectivity index (χ1n) is 7.82. The van der Waals surface area contributed by atoms with Gasteiger partial charge in [0.1, 0.15) is 0 Å². The third kappa shape index (κ3) is 4.26. The summed E-state index contributed by atoms with van der Waals surface area (Å²) >= 11 is 0. The molecule has 0 bridgehead atoms. The van der Waals surface area contributed by atoms with Crippen LogP contribution in [0.5, 0.6) is 0 Å². The highest BCUT2D eigenvalue weighted by atomic mass is 16.2. The van der Waals surface area contributed by atoms with Gasteiger partial charge >= 0.3 is 6.03 Å². The maximum Gasteiger partial charge on any atom is 0.315 e. The Bertz CT molecular complexity index is 421. The molecule has 1 fully saturated rings. The fraction of sp³-hybridized carbons (Fsp3) is 0.588. The zero-order chi connectivity index (χ0) is 14.4. The Balaban J connectivity index is 1.88. The predicted molar refractivity (Wildman–Crippen MR) is 82.8 cm³/mol. The molecular formula is C17H26N2O. The predicted octanol–water partition coefficient (Wildman–Crippen LogP) is 4.08. The van der Waals surface area contributed by atoms with Gasteiger partial charge in [-0.2, -0.15) is 0 Å². The van der Waals surface area contributed by atoms with Gasteiger partial charge in [-0.15, -0.1) is 0 Å². The van der Waals surface area contributed by atoms with Gasteiger partial charge in [-0.1, -0.05) is 56.0 Å². The van der Waals surface area contributed by atoms with Crippen molar-refractivity contribution in [2.24, 2.45) is 0 Å². The topological polar surface area (TPSA) is 41.1 Å². The van der Waals surface area contributed by atoms with Crippen LogP contribution in [0.2, 0.25) is 0 Å². The average Bonchev–Trinajstić information content (AvgIpc) is 2.47. The first-order chi connectivity index (χ1) is 9.69. The lowest BCUT2D eigenvalue weighted by molar-refractivity contribution is 0.228. The Labute approximate surface area is 122 Å². The van der Waals surface area contributed by atoms with Crippen molar-refractivity contribution in [2.75, 3.05) is 0 Å². The number of hydrogen-bond acceptors (Lipinski definition) is 1. The maximum atomic E-state index is 12.1. The van der Waals surface area contributed by atoms with Crippen LogP contribution in [0.1, 0.15) is 62.6 Å². The zero-order valence-electron chi connectivity index (χ0n) is 12.6. The second-order valence-corrected chi connectivity index (χ2v) is 5.82. The summed E-state index contributed by atoms with van der Waals surface area (Å²) in [5.74, 6) is 0. The van der Waals surface area contributed by atoms with Crippen molar-refractivity contribution in [3.63, 3.8) is 0 Å². The molecule has 110 valence electrons. The summed E-state index contributed by atoms with van der Waals surface area (Å²) in [4.78, 5) is 12.1. The first kappa shape index (κ1) is 14.9. The van der Waals surface area contributed by atoms with E-state index in [2.05, 4.69) is 48.7 Å². The first-order valence-corrected chi connectivity index (χ1v) is 7.82. The van der Waals surface area contributed by atoms with E-state index in [0.717, 1.165) is 19.3 Å². The summed E-state index contributed by atoms with van der Waals surface area (Å²) in [5.41, 5.74) is 2.42. The Hall–Kier alpha value is -1.51. The van der Waals surface area contributed by atoms with Crippen LogP contribution in [-0.4, -0.2) is 12.1 Å². The van der Waals surface area contributed by atoms with E-state index in [1.165, 1.54) is 30.4 Å². The minimum atomic E-state index is -0.0238. The van der Waals surface area contributed by atoms with Gasteiger partial charge in [0.2, 0.25) is 0 Å². The van der Waals surface area contributed by atoms with Gasteiger partial charge in [0.25, 0.3) is 0 Å². The van der Waals surface area contributed by atoms with Crippen molar-refractivity contribution >= 4 is 6.03 Å². The van der Waals surface area contributed by atoms with E-state index >= 15 is 0 Å². The highest BCUT2D eigenvalue weighted by Crippen LogP contribution is 2.19.